The molecule has 1 unspecified atom stereocenters. The quantitative estimate of drug-likeness (QED) is 0.286. The molecule has 0 heterocycles. The second kappa shape index (κ2) is 7.75. The van der Waals surface area contributed by atoms with Crippen LogP contribution in [0.3, 0.4) is 0 Å². The maximum absolute atomic E-state index is 11.3. The molecule has 20 heavy (non-hydrogen) atoms. The number of carbonyl (C=O) groups excluding carboxylic acids is 1. The van der Waals surface area contributed by atoms with E-state index in [1.54, 1.807) is 6.92 Å². The van der Waals surface area contributed by atoms with Crippen LogP contribution in [-0.2, 0) is 14.9 Å². The molecule has 7 heteroatoms. The van der Waals surface area contributed by atoms with Crippen molar-refractivity contribution in [2.45, 2.75) is 31.9 Å². The first-order valence-corrected chi connectivity index (χ1v) is 8.18. The number of quaternary nitrogens is 1. The summed E-state index contributed by atoms with van der Waals surface area (Å²) in [4.78, 5) is 11.3. The molecule has 0 aliphatic rings. The van der Waals surface area contributed by atoms with Crippen LogP contribution in [0.1, 0.15) is 26.7 Å². The van der Waals surface area contributed by atoms with Gasteiger partial charge in [0.2, 0.25) is 5.91 Å². The molecule has 0 aromatic heterocycles. The summed E-state index contributed by atoms with van der Waals surface area (Å²) < 4.78 is 31.4. The highest BCUT2D eigenvalue weighted by molar-refractivity contribution is 7.86. The molecule has 0 spiro atoms. The summed E-state index contributed by atoms with van der Waals surface area (Å²) >= 11 is 0. The largest absolute Gasteiger partial charge is 0.352 e. The SMILES string of the molecule is C=C(C)C(=O)NCCC[N+](C)(C)CCC(C)S(=O)(=O)O. The lowest BCUT2D eigenvalue weighted by Crippen LogP contribution is -2.44. The standard InChI is InChI=1S/C13H26N2O4S/c1-11(2)13(16)14-8-6-9-15(4,5)10-7-12(3)20(17,18)19/h12H,1,6-10H2,2-5H3,(H-,14,16,17,18,19)/p+1. The van der Waals surface area contributed by atoms with Gasteiger partial charge in [0.05, 0.1) is 32.4 Å². The van der Waals surface area contributed by atoms with Crippen molar-refractivity contribution in [2.75, 3.05) is 33.7 Å². The molecule has 2 N–H and O–H groups in total. The molecule has 118 valence electrons. The summed E-state index contributed by atoms with van der Waals surface area (Å²) in [5.41, 5.74) is 0.487. The van der Waals surface area contributed by atoms with Gasteiger partial charge in [-0.3, -0.25) is 9.35 Å². The van der Waals surface area contributed by atoms with Gasteiger partial charge >= 0.3 is 0 Å². The molecule has 0 aromatic carbocycles. The molecular formula is C13H27N2O4S+. The highest BCUT2D eigenvalue weighted by Crippen LogP contribution is 2.08. The third-order valence-corrected chi connectivity index (χ3v) is 4.52. The lowest BCUT2D eigenvalue weighted by molar-refractivity contribution is -0.890. The Kier molecular flexibility index (Phi) is 7.40. The summed E-state index contributed by atoms with van der Waals surface area (Å²) in [6.07, 6.45) is 1.20. The van der Waals surface area contributed by atoms with Crippen molar-refractivity contribution in [3.63, 3.8) is 0 Å². The van der Waals surface area contributed by atoms with Crippen LogP contribution in [0.25, 0.3) is 0 Å². The van der Waals surface area contributed by atoms with Crippen molar-refractivity contribution in [3.05, 3.63) is 12.2 Å². The number of nitrogens with one attached hydrogen (secondary N) is 1. The highest BCUT2D eigenvalue weighted by Gasteiger charge is 2.22. The van der Waals surface area contributed by atoms with Gasteiger partial charge in [0.15, 0.2) is 0 Å². The summed E-state index contributed by atoms with van der Waals surface area (Å²) in [6.45, 7) is 8.75. The van der Waals surface area contributed by atoms with Crippen molar-refractivity contribution in [1.29, 1.82) is 0 Å². The number of hydrogen-bond donors (Lipinski definition) is 2. The maximum Gasteiger partial charge on any atom is 0.267 e. The Bertz CT molecular complexity index is 443. The van der Waals surface area contributed by atoms with E-state index in [-0.39, 0.29) is 5.91 Å². The van der Waals surface area contributed by atoms with Gasteiger partial charge in [-0.1, -0.05) is 6.58 Å². The molecular weight excluding hydrogens is 280 g/mol. The predicted molar refractivity (Wildman–Crippen MR) is 79.9 cm³/mol. The molecule has 0 aliphatic heterocycles. The Morgan fingerprint density at radius 3 is 2.35 bits per heavy atom. The van der Waals surface area contributed by atoms with Crippen LogP contribution in [0.15, 0.2) is 12.2 Å². The van der Waals surface area contributed by atoms with E-state index in [4.69, 9.17) is 4.55 Å². The molecule has 0 bridgehead atoms. The molecule has 0 aliphatic carbocycles. The highest BCUT2D eigenvalue weighted by atomic mass is 32.2. The van der Waals surface area contributed by atoms with E-state index < -0.39 is 15.4 Å². The smallest absolute Gasteiger partial charge is 0.267 e. The number of nitrogens with zero attached hydrogens (tertiary/aromatic N) is 1. The van der Waals surface area contributed by atoms with Crippen molar-refractivity contribution >= 4 is 16.0 Å². The van der Waals surface area contributed by atoms with E-state index in [9.17, 15) is 13.2 Å². The van der Waals surface area contributed by atoms with Gasteiger partial charge in [-0.2, -0.15) is 8.42 Å². The molecule has 0 rings (SSSR count). The average Bonchev–Trinajstić information content (AvgIpc) is 2.30. The Balaban J connectivity index is 4.02. The molecule has 6 nitrogen and oxygen atoms in total. The first-order chi connectivity index (χ1) is 8.96. The zero-order valence-corrected chi connectivity index (χ0v) is 13.7. The van der Waals surface area contributed by atoms with E-state index in [0.717, 1.165) is 13.0 Å². The zero-order valence-electron chi connectivity index (χ0n) is 12.8. The summed E-state index contributed by atoms with van der Waals surface area (Å²) in [5, 5.41) is 2.01. The number of rotatable bonds is 9. The molecule has 1 atom stereocenters. The fourth-order valence-electron chi connectivity index (χ4n) is 1.65. The molecule has 0 aromatic rings. The van der Waals surface area contributed by atoms with Crippen LogP contribution in [0, 0.1) is 0 Å². The molecule has 0 fully saturated rings. The van der Waals surface area contributed by atoms with E-state index in [0.29, 0.717) is 29.6 Å². The van der Waals surface area contributed by atoms with E-state index in [1.807, 2.05) is 14.1 Å². The third-order valence-electron chi connectivity index (χ3n) is 3.26. The van der Waals surface area contributed by atoms with E-state index in [2.05, 4.69) is 11.9 Å². The topological polar surface area (TPSA) is 83.5 Å². The van der Waals surface area contributed by atoms with E-state index >= 15 is 0 Å². The number of hydrogen-bond acceptors (Lipinski definition) is 3. The number of carbonyl (C=O) groups is 1. The minimum absolute atomic E-state index is 0.143. The summed E-state index contributed by atoms with van der Waals surface area (Å²) in [5.74, 6) is -0.143. The van der Waals surface area contributed by atoms with Crippen molar-refractivity contribution in [3.8, 4) is 0 Å². The van der Waals surface area contributed by atoms with Crippen molar-refractivity contribution in [2.24, 2.45) is 0 Å². The summed E-state index contributed by atoms with van der Waals surface area (Å²) in [6, 6.07) is 0. The minimum Gasteiger partial charge on any atom is -0.352 e. The Hall–Kier alpha value is -0.920. The molecule has 0 saturated heterocycles. The lowest BCUT2D eigenvalue weighted by Gasteiger charge is -2.30. The van der Waals surface area contributed by atoms with Gasteiger partial charge in [-0.15, -0.1) is 0 Å². The first kappa shape index (κ1) is 19.1. The monoisotopic (exact) mass is 307 g/mol. The predicted octanol–water partition coefficient (Wildman–Crippen LogP) is 0.812. The van der Waals surface area contributed by atoms with Gasteiger partial charge < -0.3 is 9.80 Å². The van der Waals surface area contributed by atoms with Crippen LogP contribution >= 0.6 is 0 Å². The molecule has 1 amide bonds. The Morgan fingerprint density at radius 1 is 1.35 bits per heavy atom. The number of amides is 1. The normalized spacial score (nSPS) is 13.8. The average molecular weight is 307 g/mol. The first-order valence-electron chi connectivity index (χ1n) is 6.68. The fourth-order valence-corrected chi connectivity index (χ4v) is 2.06. The van der Waals surface area contributed by atoms with Crippen LogP contribution in [0.5, 0.6) is 0 Å². The Morgan fingerprint density at radius 2 is 1.90 bits per heavy atom. The van der Waals surface area contributed by atoms with Crippen LogP contribution in [0.2, 0.25) is 0 Å². The molecule has 0 saturated carbocycles. The van der Waals surface area contributed by atoms with Crippen LogP contribution < -0.4 is 5.32 Å². The third kappa shape index (κ3) is 8.29. The van der Waals surface area contributed by atoms with Gasteiger partial charge in [-0.25, -0.2) is 0 Å². The van der Waals surface area contributed by atoms with Gasteiger partial charge in [0.25, 0.3) is 10.1 Å². The van der Waals surface area contributed by atoms with Gasteiger partial charge in [0, 0.05) is 25.0 Å². The second-order valence-electron chi connectivity index (χ2n) is 5.89. The maximum atomic E-state index is 11.3. The van der Waals surface area contributed by atoms with Gasteiger partial charge in [0.1, 0.15) is 0 Å². The Labute approximate surface area is 122 Å². The summed E-state index contributed by atoms with van der Waals surface area (Å²) in [7, 11) is 0.0467. The van der Waals surface area contributed by atoms with Crippen molar-refractivity contribution < 1.29 is 22.2 Å². The molecule has 0 radical (unpaired) electrons. The second-order valence-corrected chi connectivity index (χ2v) is 7.72. The zero-order chi connectivity index (χ0) is 16.0. The lowest BCUT2D eigenvalue weighted by atomic mass is 10.2. The van der Waals surface area contributed by atoms with Crippen LogP contribution in [0.4, 0.5) is 0 Å². The van der Waals surface area contributed by atoms with Crippen LogP contribution in [-0.4, -0.2) is 62.3 Å². The van der Waals surface area contributed by atoms with Crippen molar-refractivity contribution in [1.82, 2.24) is 5.32 Å². The fraction of sp³-hybridized carbons (Fsp3) is 0.769. The van der Waals surface area contributed by atoms with E-state index in [1.165, 1.54) is 6.92 Å². The van der Waals surface area contributed by atoms with Gasteiger partial charge in [-0.05, 0) is 13.8 Å². The minimum atomic E-state index is -3.95.